The van der Waals surface area contributed by atoms with Crippen LogP contribution in [0.5, 0.6) is 0 Å². The van der Waals surface area contributed by atoms with E-state index < -0.39 is 5.78 Å². The molecule has 0 spiro atoms. The van der Waals surface area contributed by atoms with Gasteiger partial charge in [0.1, 0.15) is 6.07 Å². The largest absolute Gasteiger partial charge is 0.398 e. The molecular weight excluding hydrogens is 202 g/mol. The number of nitrogens with zero attached hydrogens (tertiary/aromatic N) is 1. The van der Waals surface area contributed by atoms with Crippen molar-refractivity contribution in [2.24, 2.45) is 0 Å². The highest BCUT2D eigenvalue weighted by atomic mass is 35.5. The lowest BCUT2D eigenvalue weighted by Crippen LogP contribution is -2.09. The molecule has 0 heterocycles. The number of ketones is 1. The van der Waals surface area contributed by atoms with Gasteiger partial charge in [-0.25, -0.2) is 0 Å². The van der Waals surface area contributed by atoms with Crippen molar-refractivity contribution < 1.29 is 4.79 Å². The number of anilines is 2. The SMILES string of the molecule is N#Cc1c(N)ccc(N)c1C(=O)CCl. The van der Waals surface area contributed by atoms with Gasteiger partial charge in [-0.05, 0) is 12.1 Å². The van der Waals surface area contributed by atoms with Gasteiger partial charge in [-0.15, -0.1) is 11.6 Å². The summed E-state index contributed by atoms with van der Waals surface area (Å²) in [5, 5.41) is 8.79. The van der Waals surface area contributed by atoms with Gasteiger partial charge in [0, 0.05) is 5.69 Å². The normalized spacial score (nSPS) is 9.43. The highest BCUT2D eigenvalue weighted by molar-refractivity contribution is 6.31. The van der Waals surface area contributed by atoms with Gasteiger partial charge in [-0.2, -0.15) is 5.26 Å². The molecule has 0 fully saturated rings. The second kappa shape index (κ2) is 3.99. The van der Waals surface area contributed by atoms with Crippen LogP contribution in [0.1, 0.15) is 15.9 Å². The van der Waals surface area contributed by atoms with Crippen molar-refractivity contribution >= 4 is 28.8 Å². The van der Waals surface area contributed by atoms with E-state index in [0.29, 0.717) is 0 Å². The molecule has 1 aromatic rings. The van der Waals surface area contributed by atoms with Crippen molar-refractivity contribution in [2.75, 3.05) is 17.3 Å². The molecule has 0 amide bonds. The summed E-state index contributed by atoms with van der Waals surface area (Å²) in [6.45, 7) is 0. The first-order valence-electron chi connectivity index (χ1n) is 3.79. The molecule has 0 aromatic heterocycles. The molecule has 0 aliphatic carbocycles. The fourth-order valence-corrected chi connectivity index (χ4v) is 1.26. The van der Waals surface area contributed by atoms with Crippen molar-refractivity contribution in [1.29, 1.82) is 5.26 Å². The van der Waals surface area contributed by atoms with E-state index in [1.165, 1.54) is 12.1 Å². The molecule has 14 heavy (non-hydrogen) atoms. The highest BCUT2D eigenvalue weighted by Crippen LogP contribution is 2.23. The number of benzene rings is 1. The lowest BCUT2D eigenvalue weighted by molar-refractivity contribution is 0.102. The summed E-state index contributed by atoms with van der Waals surface area (Å²) < 4.78 is 0. The highest BCUT2D eigenvalue weighted by Gasteiger charge is 2.16. The Balaban J connectivity index is 3.47. The predicted octanol–water partition coefficient (Wildman–Crippen LogP) is 1.14. The van der Waals surface area contributed by atoms with Gasteiger partial charge >= 0.3 is 0 Å². The Bertz CT molecular complexity index is 423. The van der Waals surface area contributed by atoms with Gasteiger partial charge in [0.05, 0.1) is 22.7 Å². The number of carbonyl (C=O) groups excluding carboxylic acids is 1. The quantitative estimate of drug-likeness (QED) is 0.434. The molecule has 5 heteroatoms. The van der Waals surface area contributed by atoms with E-state index in [-0.39, 0.29) is 28.4 Å². The number of alkyl halides is 1. The van der Waals surface area contributed by atoms with E-state index in [2.05, 4.69) is 0 Å². The van der Waals surface area contributed by atoms with Gasteiger partial charge in [0.15, 0.2) is 5.78 Å². The summed E-state index contributed by atoms with van der Waals surface area (Å²) in [5.41, 5.74) is 11.7. The predicted molar refractivity (Wildman–Crippen MR) is 55.0 cm³/mol. The maximum absolute atomic E-state index is 11.3. The molecule has 1 aromatic carbocycles. The molecule has 4 nitrogen and oxygen atoms in total. The van der Waals surface area contributed by atoms with Gasteiger partial charge in [0.25, 0.3) is 0 Å². The number of nitriles is 1. The number of carbonyl (C=O) groups is 1. The monoisotopic (exact) mass is 209 g/mol. The average Bonchev–Trinajstić information content (AvgIpc) is 2.19. The minimum absolute atomic E-state index is 0.0932. The van der Waals surface area contributed by atoms with Gasteiger partial charge in [0.2, 0.25) is 0 Å². The van der Waals surface area contributed by atoms with Crippen molar-refractivity contribution in [2.45, 2.75) is 0 Å². The first-order chi connectivity index (χ1) is 6.61. The summed E-state index contributed by atoms with van der Waals surface area (Å²) in [4.78, 5) is 11.3. The van der Waals surface area contributed by atoms with Gasteiger partial charge in [-0.1, -0.05) is 0 Å². The van der Waals surface area contributed by atoms with Crippen LogP contribution in [0.3, 0.4) is 0 Å². The average molecular weight is 210 g/mol. The van der Waals surface area contributed by atoms with Crippen LogP contribution in [0.4, 0.5) is 11.4 Å². The Kier molecular flexibility index (Phi) is 2.95. The Morgan fingerprint density at radius 1 is 1.43 bits per heavy atom. The fourth-order valence-electron chi connectivity index (χ4n) is 1.12. The third-order valence-electron chi connectivity index (χ3n) is 1.78. The molecule has 0 radical (unpaired) electrons. The number of Topliss-reactive ketones (excluding diaryl/α,β-unsaturated/α-hetero) is 1. The number of nitrogen functional groups attached to an aromatic ring is 2. The van der Waals surface area contributed by atoms with Gasteiger partial charge < -0.3 is 11.5 Å². The number of rotatable bonds is 2. The van der Waals surface area contributed by atoms with Crippen molar-refractivity contribution in [3.8, 4) is 6.07 Å². The summed E-state index contributed by atoms with van der Waals surface area (Å²) >= 11 is 5.38. The summed E-state index contributed by atoms with van der Waals surface area (Å²) in [6, 6.07) is 4.80. The van der Waals surface area contributed by atoms with Gasteiger partial charge in [-0.3, -0.25) is 4.79 Å². The van der Waals surface area contributed by atoms with E-state index in [0.717, 1.165) is 0 Å². The zero-order valence-corrected chi connectivity index (χ0v) is 8.01. The van der Waals surface area contributed by atoms with E-state index in [9.17, 15) is 4.79 Å². The Hall–Kier alpha value is -1.73. The minimum atomic E-state index is -0.395. The Labute approximate surface area is 86.1 Å². The summed E-state index contributed by atoms with van der Waals surface area (Å²) in [7, 11) is 0. The lowest BCUT2D eigenvalue weighted by Gasteiger charge is -2.06. The number of hydrogen-bond donors (Lipinski definition) is 2. The number of nitrogens with two attached hydrogens (primary N) is 2. The molecule has 0 saturated carbocycles. The first kappa shape index (κ1) is 10.4. The number of halogens is 1. The third kappa shape index (κ3) is 1.63. The van der Waals surface area contributed by atoms with E-state index in [1.807, 2.05) is 6.07 Å². The second-order valence-electron chi connectivity index (χ2n) is 2.66. The molecule has 4 N–H and O–H groups in total. The fraction of sp³-hybridized carbons (Fsp3) is 0.111. The molecule has 0 aliphatic heterocycles. The van der Waals surface area contributed by atoms with Crippen LogP contribution in [0.2, 0.25) is 0 Å². The van der Waals surface area contributed by atoms with Crippen LogP contribution in [0.15, 0.2) is 12.1 Å². The van der Waals surface area contributed by atoms with Crippen molar-refractivity contribution in [3.63, 3.8) is 0 Å². The zero-order chi connectivity index (χ0) is 10.7. The van der Waals surface area contributed by atoms with E-state index in [1.54, 1.807) is 0 Å². The summed E-state index contributed by atoms with van der Waals surface area (Å²) in [6.07, 6.45) is 0. The molecular formula is C9H8ClN3O. The molecule has 1 rings (SSSR count). The van der Waals surface area contributed by atoms with E-state index >= 15 is 0 Å². The Morgan fingerprint density at radius 2 is 2.00 bits per heavy atom. The summed E-state index contributed by atoms with van der Waals surface area (Å²) in [5.74, 6) is -0.615. The van der Waals surface area contributed by atoms with Crippen LogP contribution < -0.4 is 11.5 Å². The molecule has 0 saturated heterocycles. The third-order valence-corrected chi connectivity index (χ3v) is 2.02. The molecule has 0 bridgehead atoms. The maximum Gasteiger partial charge on any atom is 0.181 e. The maximum atomic E-state index is 11.3. The number of hydrogen-bond acceptors (Lipinski definition) is 4. The second-order valence-corrected chi connectivity index (χ2v) is 2.93. The van der Waals surface area contributed by atoms with E-state index in [4.69, 9.17) is 28.3 Å². The lowest BCUT2D eigenvalue weighted by atomic mass is 10.0. The minimum Gasteiger partial charge on any atom is -0.398 e. The topological polar surface area (TPSA) is 92.9 Å². The zero-order valence-electron chi connectivity index (χ0n) is 7.25. The smallest absolute Gasteiger partial charge is 0.181 e. The van der Waals surface area contributed by atoms with Crippen LogP contribution in [0, 0.1) is 11.3 Å². The first-order valence-corrected chi connectivity index (χ1v) is 4.32. The Morgan fingerprint density at radius 3 is 2.50 bits per heavy atom. The van der Waals surface area contributed by atoms with Crippen LogP contribution in [0.25, 0.3) is 0 Å². The molecule has 0 aliphatic rings. The van der Waals surface area contributed by atoms with Crippen LogP contribution in [-0.2, 0) is 0 Å². The molecule has 72 valence electrons. The standard InChI is InChI=1S/C9H8ClN3O/c10-3-8(14)9-5(4-11)6(12)1-2-7(9)13/h1-2H,3,12-13H2. The van der Waals surface area contributed by atoms with Crippen LogP contribution >= 0.6 is 11.6 Å². The molecule has 0 unspecified atom stereocenters. The van der Waals surface area contributed by atoms with Crippen molar-refractivity contribution in [1.82, 2.24) is 0 Å². The van der Waals surface area contributed by atoms with Crippen LogP contribution in [-0.4, -0.2) is 11.7 Å². The van der Waals surface area contributed by atoms with Crippen molar-refractivity contribution in [3.05, 3.63) is 23.3 Å². The molecule has 0 atom stereocenters.